The smallest absolute Gasteiger partial charge is 0.287 e. The predicted octanol–water partition coefficient (Wildman–Crippen LogP) is 0.714. The molecule has 1 aromatic rings. The van der Waals surface area contributed by atoms with E-state index >= 15 is 0 Å². The first-order valence-corrected chi connectivity index (χ1v) is 6.17. The lowest BCUT2D eigenvalue weighted by atomic mass is 10.3. The Kier molecular flexibility index (Phi) is 5.66. The minimum Gasteiger partial charge on any atom is -0.394 e. The highest BCUT2D eigenvalue weighted by molar-refractivity contribution is 5.93. The Bertz CT molecular complexity index is 483. The molecule has 0 bridgehead atoms. The molecule has 0 aliphatic heterocycles. The van der Waals surface area contributed by atoms with Crippen LogP contribution in [0.3, 0.4) is 0 Å². The standard InChI is InChI=1S/C12H19N3O5/c1-8(2)14-5-10(15(18)19)4-11(14)12(17)13-9(6-16)7-20-3/h4-5,8-9,16H,6-7H2,1-3H3,(H,13,17). The third-order valence-electron chi connectivity index (χ3n) is 2.76. The van der Waals surface area contributed by atoms with Gasteiger partial charge in [-0.15, -0.1) is 0 Å². The minimum absolute atomic E-state index is 0.0977. The highest BCUT2D eigenvalue weighted by Gasteiger charge is 2.22. The van der Waals surface area contributed by atoms with E-state index in [1.54, 1.807) is 0 Å². The quantitative estimate of drug-likeness (QED) is 0.567. The van der Waals surface area contributed by atoms with E-state index in [-0.39, 0.29) is 30.6 Å². The molecule has 1 aromatic heterocycles. The van der Waals surface area contributed by atoms with E-state index in [9.17, 15) is 14.9 Å². The summed E-state index contributed by atoms with van der Waals surface area (Å²) < 4.78 is 6.39. The number of carbonyl (C=O) groups excluding carboxylic acids is 1. The molecule has 0 fully saturated rings. The van der Waals surface area contributed by atoms with Crippen LogP contribution in [0, 0.1) is 10.1 Å². The van der Waals surface area contributed by atoms with Crippen LogP contribution in [0.5, 0.6) is 0 Å². The second kappa shape index (κ2) is 7.01. The van der Waals surface area contributed by atoms with Crippen molar-refractivity contribution < 1.29 is 19.6 Å². The summed E-state index contributed by atoms with van der Waals surface area (Å²) in [6.07, 6.45) is 1.32. The zero-order chi connectivity index (χ0) is 15.3. The number of carbonyl (C=O) groups is 1. The van der Waals surface area contributed by atoms with E-state index in [4.69, 9.17) is 9.84 Å². The van der Waals surface area contributed by atoms with Crippen molar-refractivity contribution in [2.24, 2.45) is 0 Å². The molecule has 1 rings (SSSR count). The highest BCUT2D eigenvalue weighted by Crippen LogP contribution is 2.20. The van der Waals surface area contributed by atoms with Gasteiger partial charge in [0.1, 0.15) is 5.69 Å². The molecule has 2 N–H and O–H groups in total. The third kappa shape index (κ3) is 3.78. The van der Waals surface area contributed by atoms with E-state index in [2.05, 4.69) is 5.32 Å². The Morgan fingerprint density at radius 1 is 1.60 bits per heavy atom. The van der Waals surface area contributed by atoms with Crippen LogP contribution < -0.4 is 5.32 Å². The topological polar surface area (TPSA) is 107 Å². The number of nitrogens with one attached hydrogen (secondary N) is 1. The molecule has 0 aliphatic rings. The van der Waals surface area contributed by atoms with E-state index < -0.39 is 16.9 Å². The summed E-state index contributed by atoms with van der Waals surface area (Å²) in [4.78, 5) is 22.4. The van der Waals surface area contributed by atoms with Gasteiger partial charge in [0, 0.05) is 19.2 Å². The Labute approximate surface area is 116 Å². The van der Waals surface area contributed by atoms with Crippen LogP contribution in [-0.4, -0.2) is 46.9 Å². The number of hydrogen-bond donors (Lipinski definition) is 2. The number of methoxy groups -OCH3 is 1. The first-order chi connectivity index (χ1) is 9.40. The van der Waals surface area contributed by atoms with Crippen molar-refractivity contribution in [3.8, 4) is 0 Å². The average molecular weight is 285 g/mol. The van der Waals surface area contributed by atoms with Crippen LogP contribution in [0.25, 0.3) is 0 Å². The minimum atomic E-state index is -0.554. The molecule has 1 atom stereocenters. The lowest BCUT2D eigenvalue weighted by molar-refractivity contribution is -0.384. The summed E-state index contributed by atoms with van der Waals surface area (Å²) in [6, 6.07) is 0.567. The SMILES string of the molecule is COCC(CO)NC(=O)c1cc([N+](=O)[O-])cn1C(C)C. The van der Waals surface area contributed by atoms with Crippen molar-refractivity contribution in [3.05, 3.63) is 28.1 Å². The molecule has 0 saturated heterocycles. The molecular weight excluding hydrogens is 266 g/mol. The fourth-order valence-electron chi connectivity index (χ4n) is 1.77. The summed E-state index contributed by atoms with van der Waals surface area (Å²) in [5.41, 5.74) is 0.0393. The Hall–Kier alpha value is -1.93. The number of aliphatic hydroxyl groups is 1. The number of hydrogen-bond acceptors (Lipinski definition) is 5. The van der Waals surface area contributed by atoms with Crippen molar-refractivity contribution in [1.82, 2.24) is 9.88 Å². The van der Waals surface area contributed by atoms with Gasteiger partial charge in [-0.2, -0.15) is 0 Å². The van der Waals surface area contributed by atoms with Gasteiger partial charge in [-0.1, -0.05) is 0 Å². The summed E-state index contributed by atoms with van der Waals surface area (Å²) in [7, 11) is 1.45. The van der Waals surface area contributed by atoms with Crippen molar-refractivity contribution in [3.63, 3.8) is 0 Å². The summed E-state index contributed by atoms with van der Waals surface area (Å²) in [6.45, 7) is 3.52. The highest BCUT2D eigenvalue weighted by atomic mass is 16.6. The number of ether oxygens (including phenoxy) is 1. The molecule has 8 nitrogen and oxygen atoms in total. The predicted molar refractivity (Wildman–Crippen MR) is 71.7 cm³/mol. The van der Waals surface area contributed by atoms with E-state index in [1.807, 2.05) is 13.8 Å². The fraction of sp³-hybridized carbons (Fsp3) is 0.583. The van der Waals surface area contributed by atoms with Crippen LogP contribution in [0.1, 0.15) is 30.4 Å². The van der Waals surface area contributed by atoms with Gasteiger partial charge in [-0.25, -0.2) is 0 Å². The largest absolute Gasteiger partial charge is 0.394 e. The normalized spacial score (nSPS) is 12.4. The molecule has 0 radical (unpaired) electrons. The van der Waals surface area contributed by atoms with Crippen LogP contribution in [0.4, 0.5) is 5.69 Å². The molecule has 0 spiro atoms. The number of rotatable bonds is 7. The van der Waals surface area contributed by atoms with Crippen LogP contribution in [-0.2, 0) is 4.74 Å². The number of aliphatic hydroxyl groups excluding tert-OH is 1. The van der Waals surface area contributed by atoms with Gasteiger partial charge in [0.2, 0.25) is 0 Å². The van der Waals surface area contributed by atoms with Crippen LogP contribution in [0.2, 0.25) is 0 Å². The van der Waals surface area contributed by atoms with Crippen molar-refractivity contribution in [2.75, 3.05) is 20.3 Å². The zero-order valence-electron chi connectivity index (χ0n) is 11.7. The fourth-order valence-corrected chi connectivity index (χ4v) is 1.77. The molecule has 0 saturated carbocycles. The summed E-state index contributed by atoms with van der Waals surface area (Å²) >= 11 is 0. The maximum Gasteiger partial charge on any atom is 0.287 e. The van der Waals surface area contributed by atoms with Gasteiger partial charge in [0.05, 0.1) is 30.4 Å². The maximum absolute atomic E-state index is 12.1. The van der Waals surface area contributed by atoms with Gasteiger partial charge < -0.3 is 19.7 Å². The lowest BCUT2D eigenvalue weighted by Gasteiger charge is -2.17. The average Bonchev–Trinajstić information content (AvgIpc) is 2.83. The number of aromatic nitrogens is 1. The van der Waals surface area contributed by atoms with Crippen LogP contribution in [0.15, 0.2) is 12.3 Å². The van der Waals surface area contributed by atoms with Gasteiger partial charge >= 0.3 is 0 Å². The van der Waals surface area contributed by atoms with Crippen molar-refractivity contribution in [2.45, 2.75) is 25.9 Å². The summed E-state index contributed by atoms with van der Waals surface area (Å²) in [5.74, 6) is -0.483. The van der Waals surface area contributed by atoms with Gasteiger partial charge in [0.15, 0.2) is 0 Å². The lowest BCUT2D eigenvalue weighted by Crippen LogP contribution is -2.41. The number of nitrogens with zero attached hydrogens (tertiary/aromatic N) is 2. The third-order valence-corrected chi connectivity index (χ3v) is 2.76. The number of nitro groups is 1. The van der Waals surface area contributed by atoms with Crippen molar-refractivity contribution >= 4 is 11.6 Å². The van der Waals surface area contributed by atoms with Crippen molar-refractivity contribution in [1.29, 1.82) is 0 Å². The Morgan fingerprint density at radius 3 is 2.70 bits per heavy atom. The molecule has 1 heterocycles. The van der Waals surface area contributed by atoms with Gasteiger partial charge in [0.25, 0.3) is 11.6 Å². The molecule has 1 unspecified atom stereocenters. The monoisotopic (exact) mass is 285 g/mol. The van der Waals surface area contributed by atoms with E-state index in [0.29, 0.717) is 0 Å². The summed E-state index contributed by atoms with van der Waals surface area (Å²) in [5, 5.41) is 22.5. The molecular formula is C12H19N3O5. The molecule has 112 valence electrons. The second-order valence-electron chi connectivity index (χ2n) is 4.65. The molecule has 20 heavy (non-hydrogen) atoms. The Balaban J connectivity index is 2.99. The van der Waals surface area contributed by atoms with E-state index in [1.165, 1.54) is 23.9 Å². The zero-order valence-corrected chi connectivity index (χ0v) is 11.7. The second-order valence-corrected chi connectivity index (χ2v) is 4.65. The molecule has 8 heteroatoms. The molecule has 0 aromatic carbocycles. The van der Waals surface area contributed by atoms with Gasteiger partial charge in [-0.05, 0) is 13.8 Å². The maximum atomic E-state index is 12.1. The molecule has 0 aliphatic carbocycles. The van der Waals surface area contributed by atoms with E-state index in [0.717, 1.165) is 0 Å². The number of amides is 1. The van der Waals surface area contributed by atoms with Crippen LogP contribution >= 0.6 is 0 Å². The first kappa shape index (κ1) is 16.1. The first-order valence-electron chi connectivity index (χ1n) is 6.17. The Morgan fingerprint density at radius 2 is 2.25 bits per heavy atom. The molecule has 1 amide bonds. The van der Waals surface area contributed by atoms with Gasteiger partial charge in [-0.3, -0.25) is 14.9 Å².